The maximum atomic E-state index is 11.7. The first-order valence-electron chi connectivity index (χ1n) is 5.01. The van der Waals surface area contributed by atoms with Crippen molar-refractivity contribution in [2.24, 2.45) is 0 Å². The van der Waals surface area contributed by atoms with Crippen LogP contribution in [0.4, 0.5) is 16.2 Å². The minimum Gasteiger partial charge on any atom is -0.397 e. The van der Waals surface area contributed by atoms with E-state index in [1.54, 1.807) is 25.2 Å². The van der Waals surface area contributed by atoms with Crippen LogP contribution in [0, 0.1) is 0 Å². The van der Waals surface area contributed by atoms with Crippen LogP contribution in [-0.2, 0) is 0 Å². The van der Waals surface area contributed by atoms with E-state index in [4.69, 9.17) is 17.3 Å². The quantitative estimate of drug-likeness (QED) is 0.782. The Morgan fingerprint density at radius 2 is 2.12 bits per heavy atom. The first-order valence-corrected chi connectivity index (χ1v) is 5.39. The Hall–Kier alpha value is -1.42. The lowest BCUT2D eigenvalue weighted by Crippen LogP contribution is -2.41. The van der Waals surface area contributed by atoms with Crippen molar-refractivity contribution in [1.29, 1.82) is 0 Å². The smallest absolute Gasteiger partial charge is 0.321 e. The Morgan fingerprint density at radius 3 is 2.69 bits per heavy atom. The SMILES string of the molecule is CC(C)NC(=O)N(C)c1cc(Cl)ccc1N. The maximum Gasteiger partial charge on any atom is 0.321 e. The molecule has 4 nitrogen and oxygen atoms in total. The zero-order chi connectivity index (χ0) is 12.3. The zero-order valence-corrected chi connectivity index (χ0v) is 10.4. The van der Waals surface area contributed by atoms with Crippen molar-refractivity contribution in [3.8, 4) is 0 Å². The number of nitrogens with one attached hydrogen (secondary N) is 1. The van der Waals surface area contributed by atoms with Gasteiger partial charge >= 0.3 is 6.03 Å². The number of carbonyl (C=O) groups is 1. The summed E-state index contributed by atoms with van der Waals surface area (Å²) in [4.78, 5) is 13.2. The molecule has 0 saturated carbocycles. The van der Waals surface area contributed by atoms with Crippen molar-refractivity contribution >= 4 is 29.0 Å². The van der Waals surface area contributed by atoms with Gasteiger partial charge in [0.05, 0.1) is 11.4 Å². The van der Waals surface area contributed by atoms with Gasteiger partial charge in [0.15, 0.2) is 0 Å². The number of anilines is 2. The number of nitrogens with two attached hydrogens (primary N) is 1. The van der Waals surface area contributed by atoms with Crippen LogP contribution in [0.5, 0.6) is 0 Å². The molecule has 2 amide bonds. The van der Waals surface area contributed by atoms with Gasteiger partial charge in [-0.25, -0.2) is 4.79 Å². The molecular weight excluding hydrogens is 226 g/mol. The van der Waals surface area contributed by atoms with Crippen molar-refractivity contribution in [3.63, 3.8) is 0 Å². The van der Waals surface area contributed by atoms with Gasteiger partial charge in [-0.3, -0.25) is 4.90 Å². The van der Waals surface area contributed by atoms with Crippen LogP contribution in [0.2, 0.25) is 5.02 Å². The van der Waals surface area contributed by atoms with Crippen molar-refractivity contribution in [2.45, 2.75) is 19.9 Å². The Kier molecular flexibility index (Phi) is 4.01. The second kappa shape index (κ2) is 5.07. The van der Waals surface area contributed by atoms with Gasteiger partial charge in [-0.2, -0.15) is 0 Å². The van der Waals surface area contributed by atoms with Crippen LogP contribution in [0.3, 0.4) is 0 Å². The Balaban J connectivity index is 2.91. The molecule has 1 aromatic carbocycles. The highest BCUT2D eigenvalue weighted by molar-refractivity contribution is 6.31. The van der Waals surface area contributed by atoms with Crippen LogP contribution < -0.4 is 16.0 Å². The molecule has 0 heterocycles. The summed E-state index contributed by atoms with van der Waals surface area (Å²) in [6.45, 7) is 3.79. The van der Waals surface area contributed by atoms with E-state index in [1.807, 2.05) is 13.8 Å². The third-order valence-corrected chi connectivity index (χ3v) is 2.31. The fourth-order valence-electron chi connectivity index (χ4n) is 1.26. The monoisotopic (exact) mass is 241 g/mol. The van der Waals surface area contributed by atoms with E-state index >= 15 is 0 Å². The fourth-order valence-corrected chi connectivity index (χ4v) is 1.43. The van der Waals surface area contributed by atoms with Crippen LogP contribution in [-0.4, -0.2) is 19.1 Å². The van der Waals surface area contributed by atoms with Crippen molar-refractivity contribution in [3.05, 3.63) is 23.2 Å². The van der Waals surface area contributed by atoms with E-state index in [2.05, 4.69) is 5.32 Å². The lowest BCUT2D eigenvalue weighted by atomic mass is 10.2. The average molecular weight is 242 g/mol. The number of nitrogen functional groups attached to an aromatic ring is 1. The first kappa shape index (κ1) is 12.6. The molecule has 0 aliphatic heterocycles. The molecule has 1 rings (SSSR count). The third kappa shape index (κ3) is 3.03. The van der Waals surface area contributed by atoms with Gasteiger partial charge in [0.1, 0.15) is 0 Å². The molecule has 0 radical (unpaired) electrons. The highest BCUT2D eigenvalue weighted by Crippen LogP contribution is 2.25. The molecule has 16 heavy (non-hydrogen) atoms. The Bertz CT molecular complexity index is 393. The summed E-state index contributed by atoms with van der Waals surface area (Å²) in [6, 6.07) is 4.90. The predicted octanol–water partition coefficient (Wildman–Crippen LogP) is 2.48. The van der Waals surface area contributed by atoms with Gasteiger partial charge in [0.25, 0.3) is 0 Å². The topological polar surface area (TPSA) is 58.4 Å². The molecule has 5 heteroatoms. The molecule has 0 fully saturated rings. The summed E-state index contributed by atoms with van der Waals surface area (Å²) in [5, 5.41) is 3.33. The summed E-state index contributed by atoms with van der Waals surface area (Å²) in [5.41, 5.74) is 6.90. The van der Waals surface area contributed by atoms with Crippen LogP contribution in [0.1, 0.15) is 13.8 Å². The molecule has 0 atom stereocenters. The maximum absolute atomic E-state index is 11.7. The van der Waals surface area contributed by atoms with Crippen LogP contribution >= 0.6 is 11.6 Å². The predicted molar refractivity (Wildman–Crippen MR) is 67.9 cm³/mol. The van der Waals surface area contributed by atoms with Gasteiger partial charge in [0.2, 0.25) is 0 Å². The van der Waals surface area contributed by atoms with Gasteiger partial charge in [-0.1, -0.05) is 11.6 Å². The second-order valence-electron chi connectivity index (χ2n) is 3.87. The van der Waals surface area contributed by atoms with E-state index in [9.17, 15) is 4.79 Å². The molecule has 0 saturated heterocycles. The van der Waals surface area contributed by atoms with Crippen molar-refractivity contribution < 1.29 is 4.79 Å². The zero-order valence-electron chi connectivity index (χ0n) is 9.62. The molecule has 0 spiro atoms. The molecule has 88 valence electrons. The number of benzene rings is 1. The normalized spacial score (nSPS) is 10.3. The molecule has 0 aromatic heterocycles. The molecule has 0 bridgehead atoms. The minimum atomic E-state index is -0.205. The second-order valence-corrected chi connectivity index (χ2v) is 4.30. The van der Waals surface area contributed by atoms with Crippen molar-refractivity contribution in [2.75, 3.05) is 17.7 Å². The summed E-state index contributed by atoms with van der Waals surface area (Å²) in [5.74, 6) is 0. The number of urea groups is 1. The number of hydrogen-bond acceptors (Lipinski definition) is 2. The number of amides is 2. The Labute approximate surface area is 100 Å². The van der Waals surface area contributed by atoms with E-state index in [-0.39, 0.29) is 12.1 Å². The van der Waals surface area contributed by atoms with Crippen LogP contribution in [0.25, 0.3) is 0 Å². The van der Waals surface area contributed by atoms with E-state index in [0.29, 0.717) is 16.4 Å². The van der Waals surface area contributed by atoms with Gasteiger partial charge in [-0.05, 0) is 32.0 Å². The standard InChI is InChI=1S/C11H16ClN3O/c1-7(2)14-11(16)15(3)10-6-8(12)4-5-9(10)13/h4-7H,13H2,1-3H3,(H,14,16). The molecule has 0 aliphatic rings. The van der Waals surface area contributed by atoms with Gasteiger partial charge in [-0.15, -0.1) is 0 Å². The minimum absolute atomic E-state index is 0.0790. The molecule has 3 N–H and O–H groups in total. The third-order valence-electron chi connectivity index (χ3n) is 2.07. The highest BCUT2D eigenvalue weighted by Gasteiger charge is 2.14. The average Bonchev–Trinajstić information content (AvgIpc) is 2.19. The lowest BCUT2D eigenvalue weighted by Gasteiger charge is -2.21. The Morgan fingerprint density at radius 1 is 1.50 bits per heavy atom. The first-order chi connectivity index (χ1) is 7.41. The molecule has 0 unspecified atom stereocenters. The number of carbonyl (C=O) groups excluding carboxylic acids is 1. The van der Waals surface area contributed by atoms with E-state index in [0.717, 1.165) is 0 Å². The number of halogens is 1. The molecule has 0 aliphatic carbocycles. The molecular formula is C11H16ClN3O. The summed E-state index contributed by atoms with van der Waals surface area (Å²) >= 11 is 5.86. The summed E-state index contributed by atoms with van der Waals surface area (Å²) in [7, 11) is 1.65. The van der Waals surface area contributed by atoms with Crippen LogP contribution in [0.15, 0.2) is 18.2 Å². The van der Waals surface area contributed by atoms with E-state index in [1.165, 1.54) is 4.90 Å². The fraction of sp³-hybridized carbons (Fsp3) is 0.364. The number of hydrogen-bond donors (Lipinski definition) is 2. The highest BCUT2D eigenvalue weighted by atomic mass is 35.5. The van der Waals surface area contributed by atoms with Crippen molar-refractivity contribution in [1.82, 2.24) is 5.32 Å². The summed E-state index contributed by atoms with van der Waals surface area (Å²) < 4.78 is 0. The van der Waals surface area contributed by atoms with E-state index < -0.39 is 0 Å². The number of nitrogens with zero attached hydrogens (tertiary/aromatic N) is 1. The molecule has 1 aromatic rings. The summed E-state index contributed by atoms with van der Waals surface area (Å²) in [6.07, 6.45) is 0. The lowest BCUT2D eigenvalue weighted by molar-refractivity contribution is 0.245. The van der Waals surface area contributed by atoms with Gasteiger partial charge < -0.3 is 11.1 Å². The van der Waals surface area contributed by atoms with Gasteiger partial charge in [0, 0.05) is 18.1 Å². The number of rotatable bonds is 2. The largest absolute Gasteiger partial charge is 0.397 e.